The Bertz CT molecular complexity index is 922. The molecule has 2 heterocycles. The fourth-order valence-electron chi connectivity index (χ4n) is 3.45. The molecule has 8 heteroatoms. The van der Waals surface area contributed by atoms with Crippen molar-refractivity contribution in [1.29, 1.82) is 0 Å². The van der Waals surface area contributed by atoms with E-state index >= 15 is 0 Å². The second-order valence-corrected chi connectivity index (χ2v) is 8.31. The highest BCUT2D eigenvalue weighted by atomic mass is 32.1. The van der Waals surface area contributed by atoms with Gasteiger partial charge in [-0.05, 0) is 43.3 Å². The number of thiophene rings is 1. The predicted molar refractivity (Wildman–Crippen MR) is 110 cm³/mol. The van der Waals surface area contributed by atoms with E-state index in [1.54, 1.807) is 28.5 Å². The lowest BCUT2D eigenvalue weighted by Crippen LogP contribution is -2.36. The maximum Gasteiger partial charge on any atom is 0.294 e. The van der Waals surface area contributed by atoms with Gasteiger partial charge in [0.15, 0.2) is 0 Å². The van der Waals surface area contributed by atoms with Gasteiger partial charge in [0.05, 0.1) is 20.9 Å². The number of hydrogen-bond acceptors (Lipinski definition) is 5. The maximum absolute atomic E-state index is 13.0. The predicted octanol–water partition coefficient (Wildman–Crippen LogP) is 4.72. The number of rotatable bonds is 7. The summed E-state index contributed by atoms with van der Waals surface area (Å²) in [5.41, 5.74) is 0.347. The number of carbonyl (C=O) groups excluding carboxylic acids is 2. The fourth-order valence-corrected chi connectivity index (χ4v) is 4.07. The second kappa shape index (κ2) is 7.71. The van der Waals surface area contributed by atoms with E-state index in [2.05, 4.69) is 12.2 Å². The van der Waals surface area contributed by atoms with Gasteiger partial charge < -0.3 is 10.2 Å². The summed E-state index contributed by atoms with van der Waals surface area (Å²) in [6.07, 6.45) is 2.84. The Kier molecular flexibility index (Phi) is 5.51. The number of nitro groups is 1. The van der Waals surface area contributed by atoms with E-state index in [0.29, 0.717) is 22.7 Å². The summed E-state index contributed by atoms with van der Waals surface area (Å²) in [6, 6.07) is 6.39. The van der Waals surface area contributed by atoms with Crippen LogP contribution in [0.1, 0.15) is 55.3 Å². The summed E-state index contributed by atoms with van der Waals surface area (Å²) in [5, 5.41) is 16.1. The Hall–Kier alpha value is -2.74. The molecule has 7 nitrogen and oxygen atoms in total. The number of hydrogen-bond donors (Lipinski definition) is 1. The fraction of sp³-hybridized carbons (Fsp3) is 0.400. The summed E-state index contributed by atoms with van der Waals surface area (Å²) in [4.78, 5) is 38.6. The normalized spacial score (nSPS) is 14.8. The Balaban J connectivity index is 2.02. The van der Waals surface area contributed by atoms with E-state index in [0.717, 1.165) is 19.3 Å². The molecule has 0 aliphatic carbocycles. The molecule has 3 rings (SSSR count). The summed E-state index contributed by atoms with van der Waals surface area (Å²) in [7, 11) is 0. The number of nitrogens with one attached hydrogen (secondary N) is 1. The summed E-state index contributed by atoms with van der Waals surface area (Å²) >= 11 is 1.26. The highest BCUT2D eigenvalue weighted by Crippen LogP contribution is 2.46. The van der Waals surface area contributed by atoms with Crippen LogP contribution in [0.3, 0.4) is 0 Å². The van der Waals surface area contributed by atoms with E-state index in [1.165, 1.54) is 17.4 Å². The van der Waals surface area contributed by atoms with Gasteiger partial charge in [0.25, 0.3) is 11.6 Å². The van der Waals surface area contributed by atoms with Crippen LogP contribution in [0.4, 0.5) is 17.1 Å². The molecule has 0 atom stereocenters. The van der Waals surface area contributed by atoms with Gasteiger partial charge in [-0.15, -0.1) is 11.3 Å². The minimum atomic E-state index is -0.806. The van der Waals surface area contributed by atoms with Crippen molar-refractivity contribution in [3.8, 4) is 0 Å². The third-order valence-electron chi connectivity index (χ3n) is 5.03. The Morgan fingerprint density at radius 2 is 2.07 bits per heavy atom. The average Bonchev–Trinajstić information content (AvgIpc) is 3.24. The van der Waals surface area contributed by atoms with Crippen LogP contribution in [0.25, 0.3) is 0 Å². The quantitative estimate of drug-likeness (QED) is 0.413. The number of anilines is 2. The molecular formula is C20H23N3O4S. The van der Waals surface area contributed by atoms with Crippen molar-refractivity contribution in [2.45, 2.75) is 45.4 Å². The summed E-state index contributed by atoms with van der Waals surface area (Å²) in [5.74, 6) is -0.477. The van der Waals surface area contributed by atoms with Crippen molar-refractivity contribution in [2.75, 3.05) is 16.8 Å². The van der Waals surface area contributed by atoms with Gasteiger partial charge in [0, 0.05) is 12.6 Å². The van der Waals surface area contributed by atoms with Crippen LogP contribution in [0, 0.1) is 10.1 Å². The van der Waals surface area contributed by atoms with Crippen LogP contribution in [0.15, 0.2) is 29.6 Å². The second-order valence-electron chi connectivity index (χ2n) is 7.36. The van der Waals surface area contributed by atoms with Gasteiger partial charge in [-0.3, -0.25) is 19.7 Å². The monoisotopic (exact) mass is 401 g/mol. The van der Waals surface area contributed by atoms with E-state index in [9.17, 15) is 19.7 Å². The van der Waals surface area contributed by atoms with E-state index in [1.807, 2.05) is 13.8 Å². The van der Waals surface area contributed by atoms with Gasteiger partial charge in [-0.2, -0.15) is 0 Å². The standard InChI is InChI=1S/C20H23N3O4S/c1-4-5-6-9-22-15-12-16(23(26)27)14(11-13(15)20(2,3)19(22)25)21-18(24)17-8-7-10-28-17/h7-8,10-12H,4-6,9H2,1-3H3,(H,21,24). The molecule has 2 aromatic rings. The molecule has 0 unspecified atom stereocenters. The molecule has 0 saturated heterocycles. The molecule has 0 fully saturated rings. The number of carbonyl (C=O) groups is 2. The first kappa shape index (κ1) is 20.0. The first-order chi connectivity index (χ1) is 13.3. The number of nitrogens with zero attached hydrogens (tertiary/aromatic N) is 2. The molecule has 0 radical (unpaired) electrons. The van der Waals surface area contributed by atoms with E-state index in [4.69, 9.17) is 0 Å². The zero-order valence-corrected chi connectivity index (χ0v) is 17.0. The molecule has 0 bridgehead atoms. The Morgan fingerprint density at radius 3 is 2.68 bits per heavy atom. The number of unbranched alkanes of at least 4 members (excludes halogenated alkanes) is 2. The van der Waals surface area contributed by atoms with Crippen LogP contribution in [0.5, 0.6) is 0 Å². The molecule has 2 amide bonds. The van der Waals surface area contributed by atoms with Gasteiger partial charge in [-0.1, -0.05) is 25.8 Å². The molecule has 148 valence electrons. The number of benzene rings is 1. The van der Waals surface area contributed by atoms with Crippen LogP contribution in [0.2, 0.25) is 0 Å². The van der Waals surface area contributed by atoms with Crippen LogP contribution >= 0.6 is 11.3 Å². The van der Waals surface area contributed by atoms with Gasteiger partial charge in [-0.25, -0.2) is 0 Å². The molecule has 0 spiro atoms. The first-order valence-electron chi connectivity index (χ1n) is 9.27. The van der Waals surface area contributed by atoms with Crippen molar-refractivity contribution in [2.24, 2.45) is 0 Å². The molecule has 1 aromatic heterocycles. The third kappa shape index (κ3) is 3.52. The molecule has 0 saturated carbocycles. The number of amides is 2. The molecule has 1 aromatic carbocycles. The zero-order chi connectivity index (χ0) is 20.5. The van der Waals surface area contributed by atoms with Crippen molar-refractivity contribution in [3.63, 3.8) is 0 Å². The SMILES string of the molecule is CCCCCN1C(=O)C(C)(C)c2cc(NC(=O)c3cccs3)c([N+](=O)[O-])cc21. The highest BCUT2D eigenvalue weighted by Gasteiger charge is 2.45. The maximum atomic E-state index is 13.0. The van der Waals surface area contributed by atoms with E-state index in [-0.39, 0.29) is 17.3 Å². The van der Waals surface area contributed by atoms with Crippen molar-refractivity contribution in [3.05, 3.63) is 50.2 Å². The Labute approximate surface area is 167 Å². The highest BCUT2D eigenvalue weighted by molar-refractivity contribution is 7.12. The molecule has 1 aliphatic heterocycles. The van der Waals surface area contributed by atoms with Gasteiger partial charge in [0.1, 0.15) is 5.69 Å². The summed E-state index contributed by atoms with van der Waals surface area (Å²) < 4.78 is 0. The number of fused-ring (bicyclic) bond motifs is 1. The van der Waals surface area contributed by atoms with E-state index < -0.39 is 16.2 Å². The minimum absolute atomic E-state index is 0.0744. The van der Waals surface area contributed by atoms with Crippen LogP contribution in [-0.2, 0) is 10.2 Å². The van der Waals surface area contributed by atoms with Crippen LogP contribution < -0.4 is 10.2 Å². The smallest absolute Gasteiger partial charge is 0.294 e. The zero-order valence-electron chi connectivity index (χ0n) is 16.2. The third-order valence-corrected chi connectivity index (χ3v) is 5.90. The van der Waals surface area contributed by atoms with Crippen molar-refractivity contribution < 1.29 is 14.5 Å². The Morgan fingerprint density at radius 1 is 1.32 bits per heavy atom. The molecular weight excluding hydrogens is 378 g/mol. The largest absolute Gasteiger partial charge is 0.316 e. The average molecular weight is 401 g/mol. The lowest BCUT2D eigenvalue weighted by atomic mass is 9.85. The molecule has 1 N–H and O–H groups in total. The van der Waals surface area contributed by atoms with Gasteiger partial charge >= 0.3 is 0 Å². The van der Waals surface area contributed by atoms with Crippen molar-refractivity contribution >= 4 is 40.2 Å². The van der Waals surface area contributed by atoms with Gasteiger partial charge in [0.2, 0.25) is 5.91 Å². The topological polar surface area (TPSA) is 92.6 Å². The molecule has 1 aliphatic rings. The minimum Gasteiger partial charge on any atom is -0.316 e. The van der Waals surface area contributed by atoms with Crippen LogP contribution in [-0.4, -0.2) is 23.3 Å². The number of nitro benzene ring substituents is 1. The molecule has 28 heavy (non-hydrogen) atoms. The lowest BCUT2D eigenvalue weighted by molar-refractivity contribution is -0.383. The first-order valence-corrected chi connectivity index (χ1v) is 10.1. The summed E-state index contributed by atoms with van der Waals surface area (Å²) in [6.45, 7) is 6.23. The lowest BCUT2D eigenvalue weighted by Gasteiger charge is -2.20. The van der Waals surface area contributed by atoms with Crippen molar-refractivity contribution in [1.82, 2.24) is 0 Å².